The van der Waals surface area contributed by atoms with E-state index in [4.69, 9.17) is 4.42 Å². The molecule has 0 spiro atoms. The molecule has 5 heteroatoms. The molecule has 2 heterocycles. The van der Waals surface area contributed by atoms with Crippen LogP contribution in [0.25, 0.3) is 10.8 Å². The van der Waals surface area contributed by atoms with Crippen LogP contribution in [0.2, 0.25) is 0 Å². The molecule has 0 N–H and O–H groups in total. The van der Waals surface area contributed by atoms with Gasteiger partial charge in [-0.1, -0.05) is 6.92 Å². The first-order chi connectivity index (χ1) is 6.29. The third-order valence-corrected chi connectivity index (χ3v) is 3.16. The lowest BCUT2D eigenvalue weighted by molar-refractivity contribution is 0.541. The van der Waals surface area contributed by atoms with Gasteiger partial charge in [0.2, 0.25) is 0 Å². The van der Waals surface area contributed by atoms with E-state index < -0.39 is 0 Å². The Morgan fingerprint density at radius 3 is 2.85 bits per heavy atom. The smallest absolute Gasteiger partial charge is 0.285 e. The van der Waals surface area contributed by atoms with E-state index in [1.807, 2.05) is 6.07 Å². The highest BCUT2D eigenvalue weighted by Crippen LogP contribution is 2.27. The van der Waals surface area contributed by atoms with E-state index in [1.165, 1.54) is 4.88 Å². The molecule has 0 bridgehead atoms. The van der Waals surface area contributed by atoms with Crippen LogP contribution >= 0.6 is 27.3 Å². The first kappa shape index (κ1) is 8.90. The summed E-state index contributed by atoms with van der Waals surface area (Å²) in [7, 11) is 0. The van der Waals surface area contributed by atoms with Gasteiger partial charge in [0, 0.05) is 20.8 Å². The number of aryl methyl sites for hydroxylation is 1. The highest BCUT2D eigenvalue weighted by molar-refractivity contribution is 9.10. The van der Waals surface area contributed by atoms with Gasteiger partial charge in [-0.05, 0) is 18.6 Å². The zero-order chi connectivity index (χ0) is 9.26. The summed E-state index contributed by atoms with van der Waals surface area (Å²) in [6.45, 7) is 2.12. The van der Waals surface area contributed by atoms with Crippen molar-refractivity contribution in [2.75, 3.05) is 0 Å². The van der Waals surface area contributed by atoms with Crippen molar-refractivity contribution < 1.29 is 4.42 Å². The quantitative estimate of drug-likeness (QED) is 0.831. The number of rotatable bonds is 2. The van der Waals surface area contributed by atoms with Gasteiger partial charge in [-0.2, -0.15) is 0 Å². The third-order valence-electron chi connectivity index (χ3n) is 1.62. The van der Waals surface area contributed by atoms with Crippen LogP contribution in [0.1, 0.15) is 11.8 Å². The molecule has 0 aromatic carbocycles. The molecule has 0 amide bonds. The van der Waals surface area contributed by atoms with Crippen molar-refractivity contribution >= 4 is 27.3 Å². The van der Waals surface area contributed by atoms with Crippen molar-refractivity contribution in [3.8, 4) is 10.8 Å². The van der Waals surface area contributed by atoms with E-state index in [-0.39, 0.29) is 0 Å². The molecule has 2 aromatic rings. The van der Waals surface area contributed by atoms with Crippen LogP contribution in [0, 0.1) is 0 Å². The van der Waals surface area contributed by atoms with Crippen molar-refractivity contribution in [2.45, 2.75) is 13.3 Å². The lowest BCUT2D eigenvalue weighted by Gasteiger charge is -1.85. The Kier molecular flexibility index (Phi) is 2.46. The van der Waals surface area contributed by atoms with Crippen LogP contribution < -0.4 is 0 Å². The molecule has 0 aliphatic heterocycles. The largest absolute Gasteiger partial charge is 0.410 e. The molecular formula is C8H7BrN2OS. The van der Waals surface area contributed by atoms with Gasteiger partial charge in [0.05, 0.1) is 4.88 Å². The summed E-state index contributed by atoms with van der Waals surface area (Å²) in [5.41, 5.74) is 0. The van der Waals surface area contributed by atoms with Crippen LogP contribution in [0.15, 0.2) is 21.3 Å². The summed E-state index contributed by atoms with van der Waals surface area (Å²) >= 11 is 4.80. The maximum atomic E-state index is 5.23. The lowest BCUT2D eigenvalue weighted by atomic mass is 10.4. The molecule has 0 unspecified atom stereocenters. The predicted molar refractivity (Wildman–Crippen MR) is 54.7 cm³/mol. The van der Waals surface area contributed by atoms with Crippen LogP contribution in [0.4, 0.5) is 0 Å². The normalized spacial score (nSPS) is 10.6. The molecular weight excluding hydrogens is 252 g/mol. The van der Waals surface area contributed by atoms with E-state index in [0.717, 1.165) is 11.3 Å². The minimum atomic E-state index is 0.425. The number of hydrogen-bond donors (Lipinski definition) is 0. The number of thiophene rings is 1. The number of aromatic nitrogens is 2. The number of hydrogen-bond acceptors (Lipinski definition) is 4. The Balaban J connectivity index is 2.35. The molecule has 0 atom stereocenters. The van der Waals surface area contributed by atoms with E-state index >= 15 is 0 Å². The first-order valence-electron chi connectivity index (χ1n) is 3.87. The van der Waals surface area contributed by atoms with Gasteiger partial charge in [-0.15, -0.1) is 21.5 Å². The van der Waals surface area contributed by atoms with Crippen molar-refractivity contribution in [2.24, 2.45) is 0 Å². The molecule has 2 rings (SSSR count). The maximum absolute atomic E-state index is 5.23. The number of nitrogens with zero attached hydrogens (tertiary/aromatic N) is 2. The highest BCUT2D eigenvalue weighted by Gasteiger charge is 2.08. The van der Waals surface area contributed by atoms with Crippen molar-refractivity contribution in [3.63, 3.8) is 0 Å². The maximum Gasteiger partial charge on any atom is 0.285 e. The lowest BCUT2D eigenvalue weighted by Crippen LogP contribution is -1.70. The Morgan fingerprint density at radius 1 is 1.46 bits per heavy atom. The summed E-state index contributed by atoms with van der Waals surface area (Å²) < 4.78 is 5.23. The summed E-state index contributed by atoms with van der Waals surface area (Å²) in [6, 6.07) is 4.08. The standard InChI is InChI=1S/C8H7BrN2OS/c1-2-5-3-4-6(13-5)7-10-11-8(9)12-7/h3-4H,2H2,1H3. The molecule has 2 aromatic heterocycles. The average Bonchev–Trinajstić information content (AvgIpc) is 2.71. The Bertz CT molecular complexity index is 410. The van der Waals surface area contributed by atoms with Gasteiger partial charge in [-0.3, -0.25) is 0 Å². The van der Waals surface area contributed by atoms with Crippen LogP contribution in [0.5, 0.6) is 0 Å². The zero-order valence-corrected chi connectivity index (χ0v) is 9.35. The second-order valence-electron chi connectivity index (χ2n) is 2.48. The van der Waals surface area contributed by atoms with E-state index in [9.17, 15) is 0 Å². The molecule has 0 saturated carbocycles. The monoisotopic (exact) mass is 258 g/mol. The van der Waals surface area contributed by atoms with Gasteiger partial charge in [0.25, 0.3) is 10.7 Å². The highest BCUT2D eigenvalue weighted by atomic mass is 79.9. The topological polar surface area (TPSA) is 38.9 Å². The first-order valence-corrected chi connectivity index (χ1v) is 5.48. The Labute approximate surface area is 87.9 Å². The van der Waals surface area contributed by atoms with E-state index in [2.05, 4.69) is 39.1 Å². The minimum absolute atomic E-state index is 0.425. The van der Waals surface area contributed by atoms with Gasteiger partial charge >= 0.3 is 0 Å². The summed E-state index contributed by atoms with van der Waals surface area (Å²) in [5, 5.41) is 7.62. The summed E-state index contributed by atoms with van der Waals surface area (Å²) in [6.07, 6.45) is 1.04. The molecule has 3 nitrogen and oxygen atoms in total. The Morgan fingerprint density at radius 2 is 2.31 bits per heavy atom. The molecule has 0 aliphatic rings. The van der Waals surface area contributed by atoms with Crippen LogP contribution in [-0.2, 0) is 6.42 Å². The third kappa shape index (κ3) is 1.81. The fourth-order valence-electron chi connectivity index (χ4n) is 0.988. The van der Waals surface area contributed by atoms with Crippen molar-refractivity contribution in [1.82, 2.24) is 10.2 Å². The molecule has 13 heavy (non-hydrogen) atoms. The van der Waals surface area contributed by atoms with Crippen molar-refractivity contribution in [3.05, 3.63) is 21.8 Å². The van der Waals surface area contributed by atoms with Gasteiger partial charge in [0.1, 0.15) is 0 Å². The van der Waals surface area contributed by atoms with E-state index in [0.29, 0.717) is 10.7 Å². The molecule has 0 aliphatic carbocycles. The predicted octanol–water partition coefficient (Wildman–Crippen LogP) is 3.12. The fraction of sp³-hybridized carbons (Fsp3) is 0.250. The van der Waals surface area contributed by atoms with Gasteiger partial charge < -0.3 is 4.42 Å². The summed E-state index contributed by atoms with van der Waals surface area (Å²) in [5.74, 6) is 0.580. The van der Waals surface area contributed by atoms with Gasteiger partial charge in [0.15, 0.2) is 0 Å². The molecule has 0 saturated heterocycles. The SMILES string of the molecule is CCc1ccc(-c2nnc(Br)o2)s1. The molecule has 0 fully saturated rings. The Hall–Kier alpha value is -0.680. The summed E-state index contributed by atoms with van der Waals surface area (Å²) in [4.78, 5) is 2.77. The fourth-order valence-corrected chi connectivity index (χ4v) is 2.09. The zero-order valence-electron chi connectivity index (χ0n) is 6.95. The number of halogens is 1. The molecule has 0 radical (unpaired) electrons. The van der Waals surface area contributed by atoms with E-state index in [1.54, 1.807) is 11.3 Å². The second kappa shape index (κ2) is 3.59. The van der Waals surface area contributed by atoms with Crippen LogP contribution in [-0.4, -0.2) is 10.2 Å². The van der Waals surface area contributed by atoms with Crippen molar-refractivity contribution in [1.29, 1.82) is 0 Å². The van der Waals surface area contributed by atoms with Crippen LogP contribution in [0.3, 0.4) is 0 Å². The average molecular weight is 259 g/mol. The minimum Gasteiger partial charge on any atom is -0.410 e. The molecule has 68 valence electrons. The second-order valence-corrected chi connectivity index (χ2v) is 4.33. The van der Waals surface area contributed by atoms with Gasteiger partial charge in [-0.25, -0.2) is 0 Å².